The Bertz CT molecular complexity index is 535. The molecule has 6 heteroatoms. The van der Waals surface area contributed by atoms with E-state index in [9.17, 15) is 4.79 Å². The van der Waals surface area contributed by atoms with Crippen molar-refractivity contribution in [1.82, 2.24) is 15.4 Å². The maximum absolute atomic E-state index is 11.5. The number of nitrogens with zero attached hydrogens (tertiary/aromatic N) is 3. The van der Waals surface area contributed by atoms with Crippen LogP contribution in [0.1, 0.15) is 20.9 Å². The lowest BCUT2D eigenvalue weighted by molar-refractivity contribution is 0.0950. The van der Waals surface area contributed by atoms with Gasteiger partial charge in [-0.3, -0.25) is 9.78 Å². The van der Waals surface area contributed by atoms with Crippen LogP contribution in [0.15, 0.2) is 35.1 Å². The van der Waals surface area contributed by atoms with Crippen LogP contribution in [-0.2, 0) is 0 Å². The highest BCUT2D eigenvalue weighted by atomic mass is 32.1. The molecule has 0 aliphatic carbocycles. The molecule has 1 amide bonds. The van der Waals surface area contributed by atoms with Gasteiger partial charge < -0.3 is 0 Å². The fourth-order valence-electron chi connectivity index (χ4n) is 1.14. The van der Waals surface area contributed by atoms with Crippen LogP contribution < -0.4 is 5.43 Å². The van der Waals surface area contributed by atoms with Crippen LogP contribution in [0.4, 0.5) is 0 Å². The second-order valence-corrected chi connectivity index (χ2v) is 4.21. The monoisotopic (exact) mass is 246 g/mol. The topological polar surface area (TPSA) is 67.2 Å². The fourth-order valence-corrected chi connectivity index (χ4v) is 1.93. The Hall–Kier alpha value is -2.08. The zero-order valence-electron chi connectivity index (χ0n) is 9.12. The zero-order chi connectivity index (χ0) is 12.1. The molecule has 0 radical (unpaired) electrons. The lowest BCUT2D eigenvalue weighted by Gasteiger charge is -1.96. The van der Waals surface area contributed by atoms with Gasteiger partial charge in [-0.25, -0.2) is 10.4 Å². The van der Waals surface area contributed by atoms with Crippen LogP contribution in [-0.4, -0.2) is 22.1 Å². The molecule has 2 aromatic rings. The van der Waals surface area contributed by atoms with Crippen molar-refractivity contribution in [2.45, 2.75) is 6.92 Å². The highest BCUT2D eigenvalue weighted by Crippen LogP contribution is 2.12. The molecule has 0 saturated heterocycles. The van der Waals surface area contributed by atoms with Gasteiger partial charge >= 0.3 is 0 Å². The number of hydrazone groups is 1. The largest absolute Gasteiger partial charge is 0.291 e. The molecular formula is C11H10N4OS. The Labute approximate surface area is 102 Å². The van der Waals surface area contributed by atoms with E-state index in [1.54, 1.807) is 17.6 Å². The van der Waals surface area contributed by atoms with Gasteiger partial charge in [0.25, 0.3) is 5.91 Å². The molecule has 0 aliphatic rings. The van der Waals surface area contributed by atoms with E-state index in [0.717, 1.165) is 10.4 Å². The van der Waals surface area contributed by atoms with E-state index in [1.807, 2.05) is 18.4 Å². The second kappa shape index (κ2) is 5.31. The normalized spacial score (nSPS) is 10.6. The van der Waals surface area contributed by atoms with Crippen molar-refractivity contribution in [2.75, 3.05) is 0 Å². The van der Waals surface area contributed by atoms with Crippen molar-refractivity contribution >= 4 is 23.5 Å². The van der Waals surface area contributed by atoms with Gasteiger partial charge in [-0.1, -0.05) is 0 Å². The van der Waals surface area contributed by atoms with Gasteiger partial charge in [0.1, 0.15) is 5.69 Å². The van der Waals surface area contributed by atoms with E-state index in [-0.39, 0.29) is 11.6 Å². The number of carbonyl (C=O) groups excluding carboxylic acids is 1. The van der Waals surface area contributed by atoms with E-state index in [1.165, 1.54) is 18.6 Å². The maximum Gasteiger partial charge on any atom is 0.291 e. The van der Waals surface area contributed by atoms with Gasteiger partial charge in [-0.2, -0.15) is 5.10 Å². The van der Waals surface area contributed by atoms with Crippen LogP contribution >= 0.6 is 11.3 Å². The number of thiophene rings is 1. The molecule has 0 aliphatic heterocycles. The van der Waals surface area contributed by atoms with Crippen molar-refractivity contribution < 1.29 is 4.79 Å². The van der Waals surface area contributed by atoms with Gasteiger partial charge in [0.05, 0.1) is 12.4 Å². The average Bonchev–Trinajstić information content (AvgIpc) is 2.76. The van der Waals surface area contributed by atoms with Crippen molar-refractivity contribution in [2.24, 2.45) is 5.10 Å². The summed E-state index contributed by atoms with van der Waals surface area (Å²) >= 11 is 1.57. The Morgan fingerprint density at radius 2 is 2.41 bits per heavy atom. The van der Waals surface area contributed by atoms with E-state index in [0.29, 0.717) is 0 Å². The summed E-state index contributed by atoms with van der Waals surface area (Å²) in [6.07, 6.45) is 5.98. The van der Waals surface area contributed by atoms with Crippen LogP contribution in [0.25, 0.3) is 0 Å². The van der Waals surface area contributed by atoms with Crippen LogP contribution in [0, 0.1) is 6.92 Å². The Kier molecular flexibility index (Phi) is 3.56. The molecule has 1 N–H and O–H groups in total. The lowest BCUT2D eigenvalue weighted by Crippen LogP contribution is -2.18. The second-order valence-electron chi connectivity index (χ2n) is 3.26. The molecule has 0 bridgehead atoms. The van der Waals surface area contributed by atoms with Crippen LogP contribution in [0.2, 0.25) is 0 Å². The summed E-state index contributed by atoms with van der Waals surface area (Å²) in [6, 6.07) is 2.00. The third kappa shape index (κ3) is 2.94. The first kappa shape index (κ1) is 11.4. The van der Waals surface area contributed by atoms with Gasteiger partial charge in [0.15, 0.2) is 0 Å². The third-order valence-corrected chi connectivity index (χ3v) is 3.00. The molecular weight excluding hydrogens is 236 g/mol. The molecule has 0 unspecified atom stereocenters. The van der Waals surface area contributed by atoms with Gasteiger partial charge in [0.2, 0.25) is 0 Å². The Morgan fingerprint density at radius 1 is 1.53 bits per heavy atom. The third-order valence-electron chi connectivity index (χ3n) is 2.05. The summed E-state index contributed by atoms with van der Waals surface area (Å²) in [5.41, 5.74) is 3.77. The predicted molar refractivity (Wildman–Crippen MR) is 66.1 cm³/mol. The SMILES string of the molecule is Cc1ccsc1/C=N\NC(=O)c1cnccn1. The Morgan fingerprint density at radius 3 is 3.06 bits per heavy atom. The highest BCUT2D eigenvalue weighted by Gasteiger charge is 2.04. The van der Waals surface area contributed by atoms with E-state index >= 15 is 0 Å². The highest BCUT2D eigenvalue weighted by molar-refractivity contribution is 7.11. The molecule has 2 aromatic heterocycles. The number of amides is 1. The number of carbonyl (C=O) groups is 1. The minimum atomic E-state index is -0.372. The smallest absolute Gasteiger partial charge is 0.265 e. The molecule has 0 atom stereocenters. The summed E-state index contributed by atoms with van der Waals surface area (Å²) in [6.45, 7) is 1.99. The minimum Gasteiger partial charge on any atom is -0.265 e. The maximum atomic E-state index is 11.5. The lowest BCUT2D eigenvalue weighted by atomic mass is 10.3. The number of rotatable bonds is 3. The van der Waals surface area contributed by atoms with Gasteiger partial charge in [-0.05, 0) is 23.9 Å². The van der Waals surface area contributed by atoms with Crippen molar-refractivity contribution in [3.63, 3.8) is 0 Å². The zero-order valence-corrected chi connectivity index (χ0v) is 9.94. The summed E-state index contributed by atoms with van der Waals surface area (Å²) in [7, 11) is 0. The molecule has 86 valence electrons. The Balaban J connectivity index is 1.97. The van der Waals surface area contributed by atoms with E-state index in [4.69, 9.17) is 0 Å². The predicted octanol–water partition coefficient (Wildman–Crippen LogP) is 1.61. The average molecular weight is 246 g/mol. The summed E-state index contributed by atoms with van der Waals surface area (Å²) in [5, 5.41) is 5.84. The molecule has 0 saturated carbocycles. The molecule has 0 spiro atoms. The van der Waals surface area contributed by atoms with Crippen LogP contribution in [0.5, 0.6) is 0 Å². The van der Waals surface area contributed by atoms with E-state index < -0.39 is 0 Å². The minimum absolute atomic E-state index is 0.243. The summed E-state index contributed by atoms with van der Waals surface area (Å²) in [4.78, 5) is 20.2. The number of hydrogen-bond donors (Lipinski definition) is 1. The molecule has 5 nitrogen and oxygen atoms in total. The summed E-state index contributed by atoms with van der Waals surface area (Å²) in [5.74, 6) is -0.372. The molecule has 2 rings (SSSR count). The fraction of sp³-hybridized carbons (Fsp3) is 0.0909. The quantitative estimate of drug-likeness (QED) is 0.661. The number of hydrogen-bond acceptors (Lipinski definition) is 5. The summed E-state index contributed by atoms with van der Waals surface area (Å²) < 4.78 is 0. The molecule has 0 fully saturated rings. The first-order chi connectivity index (χ1) is 8.27. The number of nitrogens with one attached hydrogen (secondary N) is 1. The van der Waals surface area contributed by atoms with Crippen molar-refractivity contribution in [3.8, 4) is 0 Å². The molecule has 2 heterocycles. The van der Waals surface area contributed by atoms with Crippen molar-refractivity contribution in [3.05, 3.63) is 46.2 Å². The standard InChI is InChI=1S/C11H10N4OS/c1-8-2-5-17-10(8)7-14-15-11(16)9-6-12-3-4-13-9/h2-7H,1H3,(H,15,16)/b14-7-. The van der Waals surface area contributed by atoms with Gasteiger partial charge in [-0.15, -0.1) is 11.3 Å². The molecule has 0 aromatic carbocycles. The number of aromatic nitrogens is 2. The van der Waals surface area contributed by atoms with E-state index in [2.05, 4.69) is 20.5 Å². The van der Waals surface area contributed by atoms with Crippen molar-refractivity contribution in [1.29, 1.82) is 0 Å². The first-order valence-electron chi connectivity index (χ1n) is 4.91. The first-order valence-corrected chi connectivity index (χ1v) is 5.79. The van der Waals surface area contributed by atoms with Gasteiger partial charge in [0, 0.05) is 17.3 Å². The van der Waals surface area contributed by atoms with Crippen LogP contribution in [0.3, 0.4) is 0 Å². The number of aryl methyl sites for hydroxylation is 1. The molecule has 17 heavy (non-hydrogen) atoms.